The first-order valence-electron chi connectivity index (χ1n) is 8.96. The Morgan fingerprint density at radius 2 is 1.86 bits per heavy atom. The van der Waals surface area contributed by atoms with Gasteiger partial charge >= 0.3 is 0 Å². The molecule has 3 rings (SSSR count). The Kier molecular flexibility index (Phi) is 5.74. The smallest absolute Gasteiger partial charge is 0.123 e. The van der Waals surface area contributed by atoms with Gasteiger partial charge in [-0.25, -0.2) is 0 Å². The molecule has 3 nitrogen and oxygen atoms in total. The van der Waals surface area contributed by atoms with Gasteiger partial charge < -0.3 is 10.1 Å². The van der Waals surface area contributed by atoms with E-state index < -0.39 is 0 Å². The lowest BCUT2D eigenvalue weighted by molar-refractivity contribution is 0.330. The summed E-state index contributed by atoms with van der Waals surface area (Å²) in [4.78, 5) is 2.54. The second-order valence-corrected chi connectivity index (χ2v) is 6.85. The van der Waals surface area contributed by atoms with Crippen molar-refractivity contribution in [2.45, 2.75) is 64.1 Å². The summed E-state index contributed by atoms with van der Waals surface area (Å²) >= 11 is 0. The van der Waals surface area contributed by atoms with Crippen molar-refractivity contribution in [3.8, 4) is 5.75 Å². The molecule has 1 heterocycles. The number of nitrogens with zero attached hydrogens (tertiary/aromatic N) is 1. The van der Waals surface area contributed by atoms with E-state index in [-0.39, 0.29) is 0 Å². The molecule has 1 N–H and O–H groups in total. The Morgan fingerprint density at radius 3 is 2.59 bits per heavy atom. The summed E-state index contributed by atoms with van der Waals surface area (Å²) in [5.74, 6) is 1.04. The van der Waals surface area contributed by atoms with Gasteiger partial charge in [0.25, 0.3) is 0 Å². The SMILES string of the molecule is COc1cc(CN2CCCC2)ccc1CNC1CCCCC1. The minimum Gasteiger partial charge on any atom is -0.496 e. The van der Waals surface area contributed by atoms with Crippen LogP contribution in [0.15, 0.2) is 18.2 Å². The minimum absolute atomic E-state index is 0.697. The first-order valence-corrected chi connectivity index (χ1v) is 8.96. The molecule has 0 bridgehead atoms. The minimum atomic E-state index is 0.697. The average molecular weight is 302 g/mol. The Bertz CT molecular complexity index is 463. The Hall–Kier alpha value is -1.06. The fourth-order valence-electron chi connectivity index (χ4n) is 3.79. The normalized spacial score (nSPS) is 20.4. The third kappa shape index (κ3) is 4.23. The van der Waals surface area contributed by atoms with E-state index in [2.05, 4.69) is 28.4 Å². The molecule has 1 saturated heterocycles. The maximum Gasteiger partial charge on any atom is 0.123 e. The number of benzene rings is 1. The third-order valence-electron chi connectivity index (χ3n) is 5.14. The number of nitrogens with one attached hydrogen (secondary N) is 1. The van der Waals surface area contributed by atoms with Gasteiger partial charge in [-0.3, -0.25) is 4.90 Å². The molecule has 0 aromatic heterocycles. The number of methoxy groups -OCH3 is 1. The number of likely N-dealkylation sites (tertiary alicyclic amines) is 1. The van der Waals surface area contributed by atoms with E-state index in [4.69, 9.17) is 4.74 Å². The predicted octanol–water partition coefficient (Wildman–Crippen LogP) is 3.71. The van der Waals surface area contributed by atoms with E-state index in [0.717, 1.165) is 18.8 Å². The Balaban J connectivity index is 1.58. The van der Waals surface area contributed by atoms with Crippen molar-refractivity contribution in [3.05, 3.63) is 29.3 Å². The first-order chi connectivity index (χ1) is 10.8. The van der Waals surface area contributed by atoms with Gasteiger partial charge in [-0.2, -0.15) is 0 Å². The molecule has 2 aliphatic rings. The molecule has 1 saturated carbocycles. The largest absolute Gasteiger partial charge is 0.496 e. The summed E-state index contributed by atoms with van der Waals surface area (Å²) in [5, 5.41) is 3.71. The summed E-state index contributed by atoms with van der Waals surface area (Å²) < 4.78 is 5.63. The van der Waals surface area contributed by atoms with E-state index >= 15 is 0 Å². The molecule has 1 aliphatic heterocycles. The van der Waals surface area contributed by atoms with Crippen LogP contribution in [0.1, 0.15) is 56.1 Å². The molecule has 122 valence electrons. The van der Waals surface area contributed by atoms with Crippen LogP contribution in [0.3, 0.4) is 0 Å². The molecule has 0 radical (unpaired) electrons. The Labute approximate surface area is 135 Å². The van der Waals surface area contributed by atoms with Crippen molar-refractivity contribution in [3.63, 3.8) is 0 Å². The van der Waals surface area contributed by atoms with E-state index in [9.17, 15) is 0 Å². The average Bonchev–Trinajstić information content (AvgIpc) is 3.07. The molecule has 0 amide bonds. The Morgan fingerprint density at radius 1 is 1.09 bits per heavy atom. The van der Waals surface area contributed by atoms with E-state index in [0.29, 0.717) is 6.04 Å². The molecule has 0 spiro atoms. The zero-order valence-corrected chi connectivity index (χ0v) is 13.9. The van der Waals surface area contributed by atoms with Crippen molar-refractivity contribution < 1.29 is 4.74 Å². The monoisotopic (exact) mass is 302 g/mol. The van der Waals surface area contributed by atoms with Crippen LogP contribution < -0.4 is 10.1 Å². The fraction of sp³-hybridized carbons (Fsp3) is 0.684. The van der Waals surface area contributed by atoms with E-state index in [1.165, 1.54) is 69.2 Å². The van der Waals surface area contributed by atoms with Gasteiger partial charge in [0.15, 0.2) is 0 Å². The molecule has 22 heavy (non-hydrogen) atoms. The molecule has 3 heteroatoms. The second-order valence-electron chi connectivity index (χ2n) is 6.85. The van der Waals surface area contributed by atoms with Crippen LogP contribution in [0, 0.1) is 0 Å². The quantitative estimate of drug-likeness (QED) is 0.867. The van der Waals surface area contributed by atoms with Crippen LogP contribution in [-0.2, 0) is 13.1 Å². The summed E-state index contributed by atoms with van der Waals surface area (Å²) in [7, 11) is 1.79. The number of ether oxygens (including phenoxy) is 1. The van der Waals surface area contributed by atoms with Gasteiger partial charge in [-0.05, 0) is 50.4 Å². The number of hydrogen-bond donors (Lipinski definition) is 1. The summed E-state index contributed by atoms with van der Waals surface area (Å²) in [6.07, 6.45) is 9.52. The molecule has 0 atom stereocenters. The summed E-state index contributed by atoms with van der Waals surface area (Å²) in [6.45, 7) is 4.48. The molecule has 1 aromatic rings. The standard InChI is InChI=1S/C19H30N2O/c1-22-19-13-16(15-21-11-5-6-12-21)9-10-17(19)14-20-18-7-3-2-4-8-18/h9-10,13,18,20H,2-8,11-12,14-15H2,1H3. The third-order valence-corrected chi connectivity index (χ3v) is 5.14. The van der Waals surface area contributed by atoms with Crippen LogP contribution in [0.25, 0.3) is 0 Å². The highest BCUT2D eigenvalue weighted by molar-refractivity contribution is 5.37. The van der Waals surface area contributed by atoms with Crippen LogP contribution in [0.5, 0.6) is 5.75 Å². The zero-order chi connectivity index (χ0) is 15.2. The lowest BCUT2D eigenvalue weighted by Gasteiger charge is -2.23. The van der Waals surface area contributed by atoms with Gasteiger partial charge in [0.1, 0.15) is 5.75 Å². The number of hydrogen-bond acceptors (Lipinski definition) is 3. The van der Waals surface area contributed by atoms with E-state index in [1.54, 1.807) is 7.11 Å². The molecular formula is C19H30N2O. The zero-order valence-electron chi connectivity index (χ0n) is 13.9. The van der Waals surface area contributed by atoms with Gasteiger partial charge in [0.05, 0.1) is 7.11 Å². The highest BCUT2D eigenvalue weighted by Gasteiger charge is 2.15. The molecule has 1 aromatic carbocycles. The lowest BCUT2D eigenvalue weighted by atomic mass is 9.95. The second kappa shape index (κ2) is 7.98. The topological polar surface area (TPSA) is 24.5 Å². The maximum atomic E-state index is 5.63. The van der Waals surface area contributed by atoms with Crippen LogP contribution >= 0.6 is 0 Å². The van der Waals surface area contributed by atoms with Gasteiger partial charge in [-0.1, -0.05) is 31.4 Å². The van der Waals surface area contributed by atoms with Gasteiger partial charge in [0, 0.05) is 24.7 Å². The molecule has 2 fully saturated rings. The predicted molar refractivity (Wildman–Crippen MR) is 91.2 cm³/mol. The van der Waals surface area contributed by atoms with Crippen molar-refractivity contribution in [1.29, 1.82) is 0 Å². The van der Waals surface area contributed by atoms with Gasteiger partial charge in [0.2, 0.25) is 0 Å². The first kappa shape index (κ1) is 15.8. The van der Waals surface area contributed by atoms with Crippen molar-refractivity contribution >= 4 is 0 Å². The van der Waals surface area contributed by atoms with Crippen molar-refractivity contribution in [1.82, 2.24) is 10.2 Å². The summed E-state index contributed by atoms with van der Waals surface area (Å²) in [5.41, 5.74) is 2.67. The highest BCUT2D eigenvalue weighted by Crippen LogP contribution is 2.24. The van der Waals surface area contributed by atoms with Gasteiger partial charge in [-0.15, -0.1) is 0 Å². The number of rotatable bonds is 6. The lowest BCUT2D eigenvalue weighted by Crippen LogP contribution is -2.30. The van der Waals surface area contributed by atoms with Crippen molar-refractivity contribution in [2.24, 2.45) is 0 Å². The highest BCUT2D eigenvalue weighted by atomic mass is 16.5. The van der Waals surface area contributed by atoms with Crippen LogP contribution in [0.4, 0.5) is 0 Å². The van der Waals surface area contributed by atoms with Crippen molar-refractivity contribution in [2.75, 3.05) is 20.2 Å². The maximum absolute atomic E-state index is 5.63. The van der Waals surface area contributed by atoms with Crippen LogP contribution in [-0.4, -0.2) is 31.1 Å². The van der Waals surface area contributed by atoms with Crippen LogP contribution in [0.2, 0.25) is 0 Å². The summed E-state index contributed by atoms with van der Waals surface area (Å²) in [6, 6.07) is 7.46. The van der Waals surface area contributed by atoms with E-state index in [1.807, 2.05) is 0 Å². The molecule has 0 unspecified atom stereocenters. The molecular weight excluding hydrogens is 272 g/mol. The fourth-order valence-corrected chi connectivity index (χ4v) is 3.79. The molecule has 1 aliphatic carbocycles.